The Morgan fingerprint density at radius 3 is 1.24 bits per heavy atom. The number of amides is 1. The zero-order chi connectivity index (χ0) is 40.2. The Kier molecular flexibility index (Phi) is 35.6. The van der Waals surface area contributed by atoms with Crippen LogP contribution in [0.3, 0.4) is 0 Å². The Morgan fingerprint density at radius 2 is 0.855 bits per heavy atom. The van der Waals surface area contributed by atoms with E-state index in [1.807, 2.05) is 0 Å². The standard InChI is InChI=1S/C47H93NO7/c1-3-5-7-9-11-13-15-17-18-19-20-21-22-24-26-28-30-32-34-36-44(51)48-40(35-33-31-29-27-25-23-16-14-12-10-8-6-4-2)37-41(50)38-42-45(52)47(54)46(53)43(39-49)55-42/h40-43,45-47,49-50,52-54H,3-39H2,1-2H3,(H,48,51)/t40?,41?,42?,43-,45+,46-,47-/m1/s1. The van der Waals surface area contributed by atoms with Crippen molar-refractivity contribution in [2.24, 2.45) is 0 Å². The first-order chi connectivity index (χ1) is 26.8. The normalized spacial score (nSPS) is 21.2. The van der Waals surface area contributed by atoms with E-state index in [4.69, 9.17) is 4.74 Å². The zero-order valence-electron chi connectivity index (χ0n) is 36.3. The van der Waals surface area contributed by atoms with Crippen molar-refractivity contribution < 1.29 is 35.1 Å². The summed E-state index contributed by atoms with van der Waals surface area (Å²) in [6, 6.07) is -0.180. The first-order valence-corrected chi connectivity index (χ1v) is 24.1. The van der Waals surface area contributed by atoms with Gasteiger partial charge < -0.3 is 35.6 Å². The minimum Gasteiger partial charge on any atom is -0.394 e. The van der Waals surface area contributed by atoms with Crippen molar-refractivity contribution in [3.63, 3.8) is 0 Å². The Hall–Kier alpha value is -0.770. The Balaban J connectivity index is 2.27. The first kappa shape index (κ1) is 52.2. The van der Waals surface area contributed by atoms with Crippen molar-refractivity contribution in [2.45, 2.75) is 288 Å². The molecule has 0 aliphatic carbocycles. The van der Waals surface area contributed by atoms with E-state index in [0.717, 1.165) is 32.1 Å². The Labute approximate surface area is 339 Å². The molecule has 7 atom stereocenters. The maximum atomic E-state index is 13.0. The fourth-order valence-corrected chi connectivity index (χ4v) is 8.39. The summed E-state index contributed by atoms with van der Waals surface area (Å²) in [5.41, 5.74) is 0. The maximum Gasteiger partial charge on any atom is 0.220 e. The number of unbranched alkanes of at least 4 members (excludes halogenated alkanes) is 30. The van der Waals surface area contributed by atoms with E-state index in [1.54, 1.807) is 0 Å². The molecule has 1 amide bonds. The van der Waals surface area contributed by atoms with Gasteiger partial charge in [0.15, 0.2) is 0 Å². The van der Waals surface area contributed by atoms with Crippen molar-refractivity contribution in [1.29, 1.82) is 0 Å². The minimum absolute atomic E-state index is 0.0340. The number of nitrogens with one attached hydrogen (secondary N) is 1. The van der Waals surface area contributed by atoms with E-state index in [9.17, 15) is 30.3 Å². The lowest BCUT2D eigenvalue weighted by molar-refractivity contribution is -0.234. The monoisotopic (exact) mass is 784 g/mol. The fraction of sp³-hybridized carbons (Fsp3) is 0.979. The molecule has 1 rings (SSSR count). The molecule has 0 bridgehead atoms. The minimum atomic E-state index is -1.45. The van der Waals surface area contributed by atoms with Gasteiger partial charge in [-0.05, 0) is 19.3 Å². The largest absolute Gasteiger partial charge is 0.394 e. The average molecular weight is 784 g/mol. The molecule has 0 saturated carbocycles. The SMILES string of the molecule is CCCCCCCCCCCCCCCCCCCCCC(=O)NC(CCCCCCCCCCCCCCC)CC(O)CC1O[C@H](CO)[C@@H](O)[C@H](O)[C@H]1O. The Bertz CT molecular complexity index is 829. The van der Waals surface area contributed by atoms with Gasteiger partial charge in [0, 0.05) is 18.9 Å². The highest BCUT2D eigenvalue weighted by atomic mass is 16.5. The predicted octanol–water partition coefficient (Wildman–Crippen LogP) is 10.8. The van der Waals surface area contributed by atoms with E-state index < -0.39 is 43.2 Å². The van der Waals surface area contributed by atoms with Crippen LogP contribution in [0, 0.1) is 0 Å². The van der Waals surface area contributed by atoms with Crippen molar-refractivity contribution in [3.05, 3.63) is 0 Å². The highest BCUT2D eigenvalue weighted by molar-refractivity contribution is 5.76. The summed E-state index contributed by atoms with van der Waals surface area (Å²) < 4.78 is 5.64. The first-order valence-electron chi connectivity index (χ1n) is 24.1. The molecule has 55 heavy (non-hydrogen) atoms. The summed E-state index contributed by atoms with van der Waals surface area (Å²) >= 11 is 0. The van der Waals surface area contributed by atoms with Gasteiger partial charge in [-0.2, -0.15) is 0 Å². The molecule has 0 spiro atoms. The molecule has 0 radical (unpaired) electrons. The second kappa shape index (κ2) is 37.5. The third-order valence-electron chi connectivity index (χ3n) is 12.1. The summed E-state index contributed by atoms with van der Waals surface area (Å²) in [5.74, 6) is 0.0340. The topological polar surface area (TPSA) is 139 Å². The lowest BCUT2D eigenvalue weighted by Crippen LogP contribution is -2.59. The third kappa shape index (κ3) is 29.1. The van der Waals surface area contributed by atoms with Crippen LogP contribution in [-0.4, -0.2) is 80.7 Å². The summed E-state index contributed by atoms with van der Waals surface area (Å²) in [7, 11) is 0. The molecular formula is C47H93NO7. The van der Waals surface area contributed by atoms with Crippen LogP contribution in [0.1, 0.15) is 245 Å². The maximum absolute atomic E-state index is 13.0. The van der Waals surface area contributed by atoms with E-state index in [-0.39, 0.29) is 18.4 Å². The van der Waals surface area contributed by atoms with Crippen molar-refractivity contribution in [3.8, 4) is 0 Å². The number of ether oxygens (including phenoxy) is 1. The fourth-order valence-electron chi connectivity index (χ4n) is 8.39. The number of hydrogen-bond donors (Lipinski definition) is 6. The van der Waals surface area contributed by atoms with Gasteiger partial charge in [0.1, 0.15) is 24.4 Å². The number of aliphatic hydroxyl groups is 5. The molecular weight excluding hydrogens is 691 g/mol. The lowest BCUT2D eigenvalue weighted by Gasteiger charge is -2.40. The van der Waals surface area contributed by atoms with Crippen LogP contribution in [-0.2, 0) is 9.53 Å². The number of carbonyl (C=O) groups is 1. The molecule has 1 heterocycles. The van der Waals surface area contributed by atoms with E-state index in [1.165, 1.54) is 180 Å². The molecule has 0 aromatic rings. The quantitative estimate of drug-likeness (QED) is 0.0340. The van der Waals surface area contributed by atoms with E-state index in [0.29, 0.717) is 12.8 Å². The summed E-state index contributed by atoms with van der Waals surface area (Å²) in [5, 5.41) is 54.5. The van der Waals surface area contributed by atoms with Crippen LogP contribution in [0.5, 0.6) is 0 Å². The Morgan fingerprint density at radius 1 is 0.509 bits per heavy atom. The van der Waals surface area contributed by atoms with Crippen LogP contribution in [0.15, 0.2) is 0 Å². The molecule has 328 valence electrons. The predicted molar refractivity (Wildman–Crippen MR) is 229 cm³/mol. The number of aliphatic hydroxyl groups excluding tert-OH is 5. The molecule has 1 saturated heterocycles. The number of rotatable bonds is 40. The van der Waals surface area contributed by atoms with Crippen molar-refractivity contribution in [1.82, 2.24) is 5.32 Å². The van der Waals surface area contributed by atoms with Gasteiger partial charge in [0.2, 0.25) is 5.91 Å². The third-order valence-corrected chi connectivity index (χ3v) is 12.1. The molecule has 3 unspecified atom stereocenters. The second-order valence-electron chi connectivity index (χ2n) is 17.4. The van der Waals surface area contributed by atoms with Crippen LogP contribution in [0.25, 0.3) is 0 Å². The van der Waals surface area contributed by atoms with Gasteiger partial charge in [-0.3, -0.25) is 4.79 Å². The van der Waals surface area contributed by atoms with Crippen LogP contribution < -0.4 is 5.32 Å². The molecule has 8 heteroatoms. The van der Waals surface area contributed by atoms with Crippen LogP contribution in [0.2, 0.25) is 0 Å². The zero-order valence-corrected chi connectivity index (χ0v) is 36.3. The summed E-state index contributed by atoms with van der Waals surface area (Å²) in [6.07, 6.45) is 36.4. The smallest absolute Gasteiger partial charge is 0.220 e. The molecule has 1 fully saturated rings. The van der Waals surface area contributed by atoms with E-state index >= 15 is 0 Å². The molecule has 0 aromatic heterocycles. The van der Waals surface area contributed by atoms with Gasteiger partial charge in [0.05, 0.1) is 18.8 Å². The highest BCUT2D eigenvalue weighted by Gasteiger charge is 2.43. The summed E-state index contributed by atoms with van der Waals surface area (Å²) in [6.45, 7) is 4.05. The van der Waals surface area contributed by atoms with E-state index in [2.05, 4.69) is 19.2 Å². The van der Waals surface area contributed by atoms with Gasteiger partial charge in [-0.25, -0.2) is 0 Å². The second-order valence-corrected chi connectivity index (χ2v) is 17.4. The number of hydrogen-bond acceptors (Lipinski definition) is 7. The van der Waals surface area contributed by atoms with Gasteiger partial charge in [-0.1, -0.05) is 213 Å². The van der Waals surface area contributed by atoms with Gasteiger partial charge >= 0.3 is 0 Å². The van der Waals surface area contributed by atoms with Gasteiger partial charge in [-0.15, -0.1) is 0 Å². The summed E-state index contributed by atoms with van der Waals surface area (Å²) in [4.78, 5) is 13.0. The van der Waals surface area contributed by atoms with Gasteiger partial charge in [0.25, 0.3) is 0 Å². The van der Waals surface area contributed by atoms with Crippen LogP contribution in [0.4, 0.5) is 0 Å². The van der Waals surface area contributed by atoms with Crippen molar-refractivity contribution in [2.75, 3.05) is 6.61 Å². The molecule has 6 N–H and O–H groups in total. The molecule has 8 nitrogen and oxygen atoms in total. The average Bonchev–Trinajstić information content (AvgIpc) is 3.17. The lowest BCUT2D eigenvalue weighted by atomic mass is 9.90. The molecule has 1 aliphatic rings. The molecule has 0 aromatic carbocycles. The van der Waals surface area contributed by atoms with Crippen LogP contribution >= 0.6 is 0 Å². The number of carbonyl (C=O) groups excluding carboxylic acids is 1. The van der Waals surface area contributed by atoms with Crippen molar-refractivity contribution >= 4 is 5.91 Å². The highest BCUT2D eigenvalue weighted by Crippen LogP contribution is 2.26. The molecule has 1 aliphatic heterocycles.